The fraction of sp³-hybridized carbons (Fsp3) is 0.500. The van der Waals surface area contributed by atoms with Gasteiger partial charge in [-0.3, -0.25) is 4.79 Å². The van der Waals surface area contributed by atoms with Gasteiger partial charge in [0.25, 0.3) is 0 Å². The summed E-state index contributed by atoms with van der Waals surface area (Å²) < 4.78 is 5.12. The Kier molecular flexibility index (Phi) is 3.71. The van der Waals surface area contributed by atoms with Gasteiger partial charge in [0.05, 0.1) is 12.7 Å². The van der Waals surface area contributed by atoms with Gasteiger partial charge in [-0.05, 0) is 43.9 Å². The van der Waals surface area contributed by atoms with Crippen LogP contribution in [0, 0.1) is 17.2 Å². The van der Waals surface area contributed by atoms with E-state index in [4.69, 9.17) is 10.00 Å². The second-order valence-corrected chi connectivity index (χ2v) is 7.12. The van der Waals surface area contributed by atoms with Crippen molar-refractivity contribution in [2.45, 2.75) is 36.2 Å². The van der Waals surface area contributed by atoms with E-state index in [0.717, 1.165) is 12.8 Å². The first-order chi connectivity index (χ1) is 9.71. The Hall–Kier alpha value is -1.47. The summed E-state index contributed by atoms with van der Waals surface area (Å²) in [6, 6.07) is 7.27. The lowest BCUT2D eigenvalue weighted by Crippen LogP contribution is -2.24. The van der Waals surface area contributed by atoms with E-state index in [9.17, 15) is 4.79 Å². The minimum absolute atomic E-state index is 0.133. The van der Waals surface area contributed by atoms with Gasteiger partial charge in [0.1, 0.15) is 11.8 Å². The number of nitrogens with zero attached hydrogens (tertiary/aromatic N) is 1. The largest absolute Gasteiger partial charge is 0.495 e. The summed E-state index contributed by atoms with van der Waals surface area (Å²) in [4.78, 5) is 12.6. The number of hydrogen-bond donors (Lipinski definition) is 0. The lowest BCUT2D eigenvalue weighted by Gasteiger charge is -2.26. The molecule has 0 saturated carbocycles. The highest BCUT2D eigenvalue weighted by Crippen LogP contribution is 2.46. The summed E-state index contributed by atoms with van der Waals surface area (Å²) >= 11 is 2.06. The van der Waals surface area contributed by atoms with E-state index in [-0.39, 0.29) is 11.7 Å². The van der Waals surface area contributed by atoms with Crippen LogP contribution in [0.2, 0.25) is 0 Å². The van der Waals surface area contributed by atoms with Crippen molar-refractivity contribution in [3.8, 4) is 11.8 Å². The van der Waals surface area contributed by atoms with Crippen LogP contribution in [0.25, 0.3) is 0 Å². The second kappa shape index (κ2) is 5.49. The van der Waals surface area contributed by atoms with Crippen molar-refractivity contribution in [1.82, 2.24) is 0 Å². The molecule has 0 aliphatic carbocycles. The number of thioether (sulfide) groups is 1. The molecule has 3 rings (SSSR count). The van der Waals surface area contributed by atoms with Crippen LogP contribution < -0.4 is 4.74 Å². The number of hydrogen-bond acceptors (Lipinski definition) is 4. The molecule has 4 heteroatoms. The van der Waals surface area contributed by atoms with Crippen molar-refractivity contribution >= 4 is 17.5 Å². The van der Waals surface area contributed by atoms with Crippen molar-refractivity contribution in [2.24, 2.45) is 5.92 Å². The first kappa shape index (κ1) is 13.5. The lowest BCUT2D eigenvalue weighted by atomic mass is 9.90. The molecule has 3 nitrogen and oxygen atoms in total. The van der Waals surface area contributed by atoms with Crippen LogP contribution in [0.15, 0.2) is 18.2 Å². The molecule has 2 bridgehead atoms. The molecule has 20 heavy (non-hydrogen) atoms. The number of carbonyl (C=O) groups excluding carboxylic acids is 1. The minimum atomic E-state index is 0.133. The number of rotatable bonds is 3. The molecule has 1 aromatic rings. The number of ether oxygens (including phenoxy) is 1. The molecule has 2 aliphatic rings. The van der Waals surface area contributed by atoms with Gasteiger partial charge in [0, 0.05) is 22.0 Å². The van der Waals surface area contributed by atoms with Crippen molar-refractivity contribution in [3.63, 3.8) is 0 Å². The first-order valence-corrected chi connectivity index (χ1v) is 7.93. The van der Waals surface area contributed by atoms with E-state index in [1.807, 2.05) is 0 Å². The molecule has 0 radical (unpaired) electrons. The number of benzene rings is 1. The Morgan fingerprint density at radius 1 is 1.35 bits per heavy atom. The van der Waals surface area contributed by atoms with Crippen LogP contribution in [-0.4, -0.2) is 23.4 Å². The van der Waals surface area contributed by atoms with E-state index in [1.165, 1.54) is 20.0 Å². The predicted molar refractivity (Wildman–Crippen MR) is 79.2 cm³/mol. The normalized spacial score (nSPS) is 27.9. The third-order valence-corrected chi connectivity index (χ3v) is 5.89. The van der Waals surface area contributed by atoms with Crippen molar-refractivity contribution in [2.75, 3.05) is 7.11 Å². The molecule has 0 aromatic heterocycles. The maximum atomic E-state index is 12.6. The molecule has 0 amide bonds. The highest BCUT2D eigenvalue weighted by Gasteiger charge is 2.37. The Labute approximate surface area is 123 Å². The van der Waals surface area contributed by atoms with Gasteiger partial charge in [-0.15, -0.1) is 0 Å². The average molecular weight is 287 g/mol. The molecule has 2 aliphatic heterocycles. The maximum absolute atomic E-state index is 12.6. The molecule has 2 atom stereocenters. The number of nitriles is 1. The Morgan fingerprint density at radius 3 is 2.65 bits per heavy atom. The summed E-state index contributed by atoms with van der Waals surface area (Å²) in [5, 5.41) is 10.4. The van der Waals surface area contributed by atoms with Gasteiger partial charge in [0.15, 0.2) is 5.78 Å². The fourth-order valence-corrected chi connectivity index (χ4v) is 5.03. The summed E-state index contributed by atoms with van der Waals surface area (Å²) in [5.41, 5.74) is 1.09. The molecule has 2 fully saturated rings. The quantitative estimate of drug-likeness (QED) is 0.799. The second-order valence-electron chi connectivity index (χ2n) is 5.52. The summed E-state index contributed by atoms with van der Waals surface area (Å²) in [6.45, 7) is 0. The van der Waals surface area contributed by atoms with Gasteiger partial charge in [-0.2, -0.15) is 17.0 Å². The SMILES string of the molecule is COc1ccc(C(=O)C2CC3CCC(C2)S3)cc1C#N. The van der Waals surface area contributed by atoms with Gasteiger partial charge in [0.2, 0.25) is 0 Å². The number of carbonyl (C=O) groups is 1. The number of methoxy groups -OCH3 is 1. The first-order valence-electron chi connectivity index (χ1n) is 6.99. The molecule has 2 unspecified atom stereocenters. The van der Waals surface area contributed by atoms with Crippen LogP contribution in [0.5, 0.6) is 5.75 Å². The van der Waals surface area contributed by atoms with Crippen molar-refractivity contribution < 1.29 is 9.53 Å². The molecule has 2 saturated heterocycles. The summed E-state index contributed by atoms with van der Waals surface area (Å²) in [7, 11) is 1.54. The van der Waals surface area contributed by atoms with E-state index in [2.05, 4.69) is 17.8 Å². The van der Waals surface area contributed by atoms with Crippen LogP contribution >= 0.6 is 11.8 Å². The van der Waals surface area contributed by atoms with Crippen LogP contribution in [0.4, 0.5) is 0 Å². The third kappa shape index (κ3) is 2.43. The Balaban J connectivity index is 1.82. The van der Waals surface area contributed by atoms with Crippen molar-refractivity contribution in [3.05, 3.63) is 29.3 Å². The number of ketones is 1. The lowest BCUT2D eigenvalue weighted by molar-refractivity contribution is 0.0907. The topological polar surface area (TPSA) is 50.1 Å². The Bertz CT molecular complexity index is 566. The zero-order valence-corrected chi connectivity index (χ0v) is 12.3. The monoisotopic (exact) mass is 287 g/mol. The predicted octanol–water partition coefficient (Wildman–Crippen LogP) is 3.42. The molecular weight excluding hydrogens is 270 g/mol. The fourth-order valence-electron chi connectivity index (χ4n) is 3.26. The highest BCUT2D eigenvalue weighted by atomic mass is 32.2. The molecular formula is C16H17NO2S. The van der Waals surface area contributed by atoms with Gasteiger partial charge < -0.3 is 4.74 Å². The summed E-state index contributed by atoms with van der Waals surface area (Å²) in [5.74, 6) is 0.860. The zero-order valence-electron chi connectivity index (χ0n) is 11.5. The van der Waals surface area contributed by atoms with Crippen molar-refractivity contribution in [1.29, 1.82) is 5.26 Å². The third-order valence-electron chi connectivity index (χ3n) is 4.27. The van der Waals surface area contributed by atoms with Gasteiger partial charge >= 0.3 is 0 Å². The van der Waals surface area contributed by atoms with Crippen LogP contribution in [0.1, 0.15) is 41.6 Å². The van der Waals surface area contributed by atoms with Gasteiger partial charge in [-0.25, -0.2) is 0 Å². The standard InChI is InChI=1S/C16H17NO2S/c1-19-15-5-2-10(6-12(15)9-17)16(18)11-7-13-3-4-14(8-11)20-13/h2,5-6,11,13-14H,3-4,7-8H2,1H3. The molecule has 1 aromatic carbocycles. The Morgan fingerprint density at radius 2 is 2.05 bits per heavy atom. The van der Waals surface area contributed by atoms with Gasteiger partial charge in [-0.1, -0.05) is 0 Å². The highest BCUT2D eigenvalue weighted by molar-refractivity contribution is 8.00. The van der Waals surface area contributed by atoms with E-state index in [1.54, 1.807) is 18.2 Å². The molecule has 0 N–H and O–H groups in total. The van der Waals surface area contributed by atoms with Crippen LogP contribution in [0.3, 0.4) is 0 Å². The maximum Gasteiger partial charge on any atom is 0.166 e. The smallest absolute Gasteiger partial charge is 0.166 e. The van der Waals surface area contributed by atoms with E-state index >= 15 is 0 Å². The molecule has 104 valence electrons. The minimum Gasteiger partial charge on any atom is -0.495 e. The molecule has 0 spiro atoms. The zero-order chi connectivity index (χ0) is 14.1. The van der Waals surface area contributed by atoms with E-state index in [0.29, 0.717) is 27.4 Å². The van der Waals surface area contributed by atoms with E-state index < -0.39 is 0 Å². The van der Waals surface area contributed by atoms with Crippen LogP contribution in [-0.2, 0) is 0 Å². The number of fused-ring (bicyclic) bond motifs is 2. The molecule has 2 heterocycles. The average Bonchev–Trinajstić information content (AvgIpc) is 2.84. The number of Topliss-reactive ketones (excluding diaryl/α,β-unsaturated/α-hetero) is 1. The summed E-state index contributed by atoms with van der Waals surface area (Å²) in [6.07, 6.45) is 4.50.